The molecule has 5 heterocycles. The van der Waals surface area contributed by atoms with Crippen molar-refractivity contribution in [3.05, 3.63) is 254 Å². The second kappa shape index (κ2) is 18.4. The number of pyridine rings is 5. The molecule has 0 aliphatic carbocycles. The molecule has 0 aliphatic rings. The summed E-state index contributed by atoms with van der Waals surface area (Å²) in [7, 11) is 0. The van der Waals surface area contributed by atoms with Gasteiger partial charge in [-0.2, -0.15) is 5.26 Å². The molecule has 0 fully saturated rings. The van der Waals surface area contributed by atoms with Gasteiger partial charge in [-0.15, -0.1) is 0 Å². The molecular weight excluding hydrogens is 903 g/mol. The first kappa shape index (κ1) is 43.5. The molecule has 0 aliphatic heterocycles. The average molecular weight is 942 g/mol. The number of rotatable bonds is 8. The van der Waals surface area contributed by atoms with Crippen molar-refractivity contribution in [2.45, 2.75) is 0 Å². The number of hydrogen-bond acceptors (Lipinski definition) is 6. The smallest absolute Gasteiger partial charge is 0.222 e. The molecule has 7 nitrogen and oxygen atoms in total. The van der Waals surface area contributed by atoms with E-state index in [1.165, 1.54) is 0 Å². The van der Waals surface area contributed by atoms with E-state index in [9.17, 15) is 5.26 Å². The Labute approximate surface area is 426 Å². The lowest BCUT2D eigenvalue weighted by Crippen LogP contribution is -2.01. The Kier molecular flexibility index (Phi) is 10.8. The highest BCUT2D eigenvalue weighted by Gasteiger charge is 2.26. The highest BCUT2D eigenvalue weighted by Crippen LogP contribution is 2.47. The predicted molar refractivity (Wildman–Crippen MR) is 300 cm³/mol. The van der Waals surface area contributed by atoms with Crippen LogP contribution in [0.4, 0.5) is 5.69 Å². The van der Waals surface area contributed by atoms with Gasteiger partial charge in [0.25, 0.3) is 0 Å². The van der Waals surface area contributed by atoms with E-state index in [0.717, 1.165) is 77.4 Å². The second-order valence-electron chi connectivity index (χ2n) is 18.0. The van der Waals surface area contributed by atoms with Crippen LogP contribution >= 0.6 is 0 Å². The summed E-state index contributed by atoms with van der Waals surface area (Å²) >= 11 is 0. The average Bonchev–Trinajstić information content (AvgIpc) is 3.48. The van der Waals surface area contributed by atoms with Crippen molar-refractivity contribution in [2.24, 2.45) is 0 Å². The molecule has 0 atom stereocenters. The van der Waals surface area contributed by atoms with Crippen LogP contribution in [0.2, 0.25) is 0 Å². The van der Waals surface area contributed by atoms with Gasteiger partial charge in [0, 0.05) is 49.4 Å². The molecule has 0 saturated carbocycles. The normalized spacial score (nSPS) is 11.2. The van der Waals surface area contributed by atoms with Crippen LogP contribution in [-0.4, -0.2) is 24.9 Å². The second-order valence-corrected chi connectivity index (χ2v) is 18.0. The van der Waals surface area contributed by atoms with E-state index in [-0.39, 0.29) is 0 Å². The van der Waals surface area contributed by atoms with Crippen molar-refractivity contribution in [3.63, 3.8) is 0 Å². The minimum absolute atomic E-state index is 0.359. The lowest BCUT2D eigenvalue weighted by atomic mass is 9.91. The van der Waals surface area contributed by atoms with Crippen LogP contribution in [0.15, 0.2) is 237 Å². The van der Waals surface area contributed by atoms with E-state index in [1.807, 2.05) is 158 Å². The fourth-order valence-electron chi connectivity index (χ4n) is 10.3. The van der Waals surface area contributed by atoms with Crippen LogP contribution in [0.1, 0.15) is 5.56 Å². The Morgan fingerprint density at radius 2 is 0.689 bits per heavy atom. The summed E-state index contributed by atoms with van der Waals surface area (Å²) in [6.07, 6.45) is 0. The first-order valence-electron chi connectivity index (χ1n) is 24.3. The fourth-order valence-corrected chi connectivity index (χ4v) is 10.3. The van der Waals surface area contributed by atoms with Gasteiger partial charge in [0.05, 0.1) is 68.4 Å². The summed E-state index contributed by atoms with van der Waals surface area (Å²) in [4.78, 5) is 31.5. The molecule has 13 rings (SSSR count). The summed E-state index contributed by atoms with van der Waals surface area (Å²) in [5, 5.41) is 14.7. The molecule has 8 aromatic carbocycles. The molecule has 0 bridgehead atoms. The van der Waals surface area contributed by atoms with Crippen LogP contribution in [0.25, 0.3) is 138 Å². The molecule has 0 unspecified atom stereocenters. The zero-order chi connectivity index (χ0) is 49.5. The third kappa shape index (κ3) is 7.49. The maximum absolute atomic E-state index is 11.4. The van der Waals surface area contributed by atoms with E-state index in [0.29, 0.717) is 67.2 Å². The molecular formula is C67H39N7. The van der Waals surface area contributed by atoms with Crippen molar-refractivity contribution in [1.29, 1.82) is 5.26 Å². The first-order valence-corrected chi connectivity index (χ1v) is 24.3. The largest absolute Gasteiger partial charge is 0.257 e. The summed E-state index contributed by atoms with van der Waals surface area (Å²) in [5.41, 5.74) is 16.1. The number of nitrogens with zero attached hydrogens (tertiary/aromatic N) is 7. The molecule has 0 amide bonds. The van der Waals surface area contributed by atoms with Gasteiger partial charge in [-0.3, -0.25) is 4.98 Å². The SMILES string of the molecule is [C-]#[N+]c1c(-c2ccccc2)nc2c(ccc3c(-c4ccccc4)cc(-c4ccccc4)nc32)c1-c1cccc(-c2c(C#N)c(-c3ccccc3)nc3c2ccc2c(-c4ccccc4)cc(-c4ccccc4)nc23)n1. The molecule has 342 valence electrons. The minimum atomic E-state index is 0.359. The zero-order valence-corrected chi connectivity index (χ0v) is 39.6. The number of benzene rings is 8. The van der Waals surface area contributed by atoms with E-state index in [4.69, 9.17) is 31.5 Å². The molecule has 0 radical (unpaired) electrons. The number of hydrogen-bond donors (Lipinski definition) is 0. The van der Waals surface area contributed by atoms with Crippen LogP contribution in [-0.2, 0) is 0 Å². The maximum atomic E-state index is 11.4. The third-order valence-corrected chi connectivity index (χ3v) is 13.7. The van der Waals surface area contributed by atoms with Crippen molar-refractivity contribution in [3.8, 4) is 95.9 Å². The van der Waals surface area contributed by atoms with Crippen LogP contribution in [0.3, 0.4) is 0 Å². The van der Waals surface area contributed by atoms with Gasteiger partial charge in [-0.25, -0.2) is 24.8 Å². The van der Waals surface area contributed by atoms with Crippen LogP contribution < -0.4 is 0 Å². The summed E-state index contributed by atoms with van der Waals surface area (Å²) in [6, 6.07) is 81.7. The highest BCUT2D eigenvalue weighted by molar-refractivity contribution is 6.17. The summed E-state index contributed by atoms with van der Waals surface area (Å²) in [6.45, 7) is 8.89. The topological polar surface area (TPSA) is 92.6 Å². The van der Waals surface area contributed by atoms with Gasteiger partial charge in [-0.1, -0.05) is 212 Å². The highest BCUT2D eigenvalue weighted by atomic mass is 14.8. The summed E-state index contributed by atoms with van der Waals surface area (Å²) < 4.78 is 0. The van der Waals surface area contributed by atoms with Gasteiger partial charge >= 0.3 is 0 Å². The molecule has 0 saturated heterocycles. The molecule has 74 heavy (non-hydrogen) atoms. The van der Waals surface area contributed by atoms with E-state index >= 15 is 0 Å². The lowest BCUT2D eigenvalue weighted by molar-refractivity contribution is 1.30. The number of nitriles is 1. The Balaban J connectivity index is 1.12. The fraction of sp³-hybridized carbons (Fsp3) is 0. The van der Waals surface area contributed by atoms with Gasteiger partial charge in [0.2, 0.25) is 5.69 Å². The Bertz CT molecular complexity index is 4120. The third-order valence-electron chi connectivity index (χ3n) is 13.7. The Morgan fingerprint density at radius 1 is 0.324 bits per heavy atom. The maximum Gasteiger partial charge on any atom is 0.222 e. The van der Waals surface area contributed by atoms with Gasteiger partial charge in [-0.05, 0) is 52.1 Å². The molecule has 0 spiro atoms. The zero-order valence-electron chi connectivity index (χ0n) is 39.6. The molecule has 5 aromatic heterocycles. The number of fused-ring (bicyclic) bond motifs is 6. The number of aromatic nitrogens is 5. The Hall–Kier alpha value is -10.5. The molecule has 13 aromatic rings. The van der Waals surface area contributed by atoms with Gasteiger partial charge in [0.1, 0.15) is 6.07 Å². The van der Waals surface area contributed by atoms with Crippen molar-refractivity contribution >= 4 is 49.3 Å². The predicted octanol–water partition coefficient (Wildman–Crippen LogP) is 17.0. The lowest BCUT2D eigenvalue weighted by Gasteiger charge is -2.18. The van der Waals surface area contributed by atoms with Crippen molar-refractivity contribution in [1.82, 2.24) is 24.9 Å². The van der Waals surface area contributed by atoms with E-state index in [2.05, 4.69) is 89.8 Å². The van der Waals surface area contributed by atoms with E-state index < -0.39 is 0 Å². The van der Waals surface area contributed by atoms with Gasteiger partial charge < -0.3 is 0 Å². The first-order chi connectivity index (χ1) is 36.6. The van der Waals surface area contributed by atoms with Crippen molar-refractivity contribution in [2.75, 3.05) is 0 Å². The van der Waals surface area contributed by atoms with Gasteiger partial charge in [0.15, 0.2) is 0 Å². The van der Waals surface area contributed by atoms with Crippen LogP contribution in [0.5, 0.6) is 0 Å². The Morgan fingerprint density at radius 3 is 1.14 bits per heavy atom. The minimum Gasteiger partial charge on any atom is -0.257 e. The standard InChI is InChI=1S/C67H39N7/c1-69-67-60(51-38-36-49-53(43-23-10-3-11-24-43)40-58(45-27-14-5-15-28-45)72-64(49)66(51)74-62(67)47-31-18-7-19-32-47)56-34-20-33-55(70-56)59-50-37-35-48-52(42-21-8-2-9-22-42)39-57(44-25-12-4-13-26-44)71-63(48)65(50)73-61(54(59)41-68)46-29-16-6-17-30-46/h2-40H. The summed E-state index contributed by atoms with van der Waals surface area (Å²) in [5.74, 6) is 0. The van der Waals surface area contributed by atoms with Crippen LogP contribution in [0, 0.1) is 17.9 Å². The van der Waals surface area contributed by atoms with Crippen molar-refractivity contribution < 1.29 is 0 Å². The quantitative estimate of drug-likeness (QED) is 0.111. The molecule has 0 N–H and O–H groups in total. The monoisotopic (exact) mass is 941 g/mol. The van der Waals surface area contributed by atoms with E-state index in [1.54, 1.807) is 0 Å². The molecule has 7 heteroatoms.